The van der Waals surface area contributed by atoms with Gasteiger partial charge in [-0.15, -0.1) is 0 Å². The first-order chi connectivity index (χ1) is 15.0. The molecule has 1 unspecified atom stereocenters. The number of aromatic nitrogens is 2. The number of unbranched alkanes of at least 4 members (excludes halogenated alkanes) is 1. The molecule has 1 atom stereocenters. The molecule has 0 fully saturated rings. The van der Waals surface area contributed by atoms with E-state index in [1.807, 2.05) is 11.1 Å². The Morgan fingerprint density at radius 2 is 2.03 bits per heavy atom. The quantitative estimate of drug-likeness (QED) is 0.679. The normalized spacial score (nSPS) is 17.1. The molecule has 0 spiro atoms. The Labute approximate surface area is 184 Å². The third-order valence-electron chi connectivity index (χ3n) is 6.38. The van der Waals surface area contributed by atoms with Gasteiger partial charge in [0.2, 0.25) is 11.9 Å². The summed E-state index contributed by atoms with van der Waals surface area (Å²) < 4.78 is 0. The summed E-state index contributed by atoms with van der Waals surface area (Å²) in [6, 6.07) is 8.91. The lowest BCUT2D eigenvalue weighted by Gasteiger charge is -2.34. The second kappa shape index (κ2) is 9.75. The largest absolute Gasteiger partial charge is 0.376 e. The second-order valence-electron chi connectivity index (χ2n) is 8.70. The molecule has 1 aliphatic heterocycles. The summed E-state index contributed by atoms with van der Waals surface area (Å²) in [4.78, 5) is 25.0. The minimum Gasteiger partial charge on any atom is -0.376 e. The van der Waals surface area contributed by atoms with Gasteiger partial charge in [-0.2, -0.15) is 0 Å². The van der Waals surface area contributed by atoms with Gasteiger partial charge in [-0.1, -0.05) is 37.6 Å². The van der Waals surface area contributed by atoms with Crippen molar-refractivity contribution in [3.63, 3.8) is 0 Å². The van der Waals surface area contributed by atoms with Gasteiger partial charge in [0.1, 0.15) is 6.23 Å². The summed E-state index contributed by atoms with van der Waals surface area (Å²) in [5.74, 6) is 0.700. The van der Waals surface area contributed by atoms with E-state index in [2.05, 4.69) is 41.5 Å². The van der Waals surface area contributed by atoms with Gasteiger partial charge in [0.05, 0.1) is 12.2 Å². The van der Waals surface area contributed by atoms with Crippen LogP contribution in [0.15, 0.2) is 30.5 Å². The van der Waals surface area contributed by atoms with Gasteiger partial charge in [-0.3, -0.25) is 9.69 Å². The molecular formula is C24H33N5O2. The number of rotatable bonds is 8. The Morgan fingerprint density at radius 3 is 2.71 bits per heavy atom. The Hall–Kier alpha value is -2.51. The number of benzene rings is 1. The molecule has 2 N–H and O–H groups in total. The van der Waals surface area contributed by atoms with Crippen LogP contribution in [0.3, 0.4) is 0 Å². The van der Waals surface area contributed by atoms with Crippen LogP contribution in [0.25, 0.3) is 0 Å². The fraction of sp³-hybridized carbons (Fsp3) is 0.542. The maximum Gasteiger partial charge on any atom is 0.223 e. The van der Waals surface area contributed by atoms with Crippen molar-refractivity contribution >= 4 is 11.9 Å². The Balaban J connectivity index is 1.34. The van der Waals surface area contributed by atoms with Crippen LogP contribution < -0.4 is 5.32 Å². The standard InChI is InChI=1S/C24H33N5O2/c1-3-4-10-28(17(2)30)16-23(31)29-11-9-22-20(15-29)14-25-24(27-22)26-21-12-18-7-5-6-8-19(18)13-21/h5-8,14,21,23,31H,3-4,9-13,15-16H2,1-2H3,(H,25,26,27). The van der Waals surface area contributed by atoms with Gasteiger partial charge in [0.25, 0.3) is 0 Å². The van der Waals surface area contributed by atoms with Crippen LogP contribution >= 0.6 is 0 Å². The van der Waals surface area contributed by atoms with E-state index in [9.17, 15) is 9.90 Å². The molecular weight excluding hydrogens is 390 g/mol. The summed E-state index contributed by atoms with van der Waals surface area (Å²) >= 11 is 0. The molecule has 2 heterocycles. The highest BCUT2D eigenvalue weighted by Crippen LogP contribution is 2.25. The van der Waals surface area contributed by atoms with Gasteiger partial charge < -0.3 is 15.3 Å². The van der Waals surface area contributed by atoms with E-state index in [-0.39, 0.29) is 5.91 Å². The summed E-state index contributed by atoms with van der Waals surface area (Å²) in [6.45, 7) is 6.03. The zero-order valence-electron chi connectivity index (χ0n) is 18.5. The van der Waals surface area contributed by atoms with Crippen molar-refractivity contribution in [1.82, 2.24) is 19.8 Å². The van der Waals surface area contributed by atoms with Crippen molar-refractivity contribution in [2.45, 2.75) is 64.8 Å². The maximum atomic E-state index is 11.9. The molecule has 1 aliphatic carbocycles. The fourth-order valence-electron chi connectivity index (χ4n) is 4.54. The van der Waals surface area contributed by atoms with Gasteiger partial charge in [0.15, 0.2) is 0 Å². The minimum atomic E-state index is -0.677. The predicted molar refractivity (Wildman–Crippen MR) is 121 cm³/mol. The number of aliphatic hydroxyl groups excluding tert-OH is 1. The molecule has 0 saturated heterocycles. The van der Waals surface area contributed by atoms with Gasteiger partial charge in [-0.25, -0.2) is 9.97 Å². The SMILES string of the molecule is CCCCN(CC(O)N1CCc2nc(NC3Cc4ccccc4C3)ncc2C1)C(C)=O. The van der Waals surface area contributed by atoms with E-state index in [0.29, 0.717) is 31.6 Å². The summed E-state index contributed by atoms with van der Waals surface area (Å²) in [6.07, 6.45) is 5.95. The van der Waals surface area contributed by atoms with Crippen molar-refractivity contribution < 1.29 is 9.90 Å². The minimum absolute atomic E-state index is 0.0121. The molecule has 0 bridgehead atoms. The highest BCUT2D eigenvalue weighted by Gasteiger charge is 2.26. The lowest BCUT2D eigenvalue weighted by Crippen LogP contribution is -2.47. The van der Waals surface area contributed by atoms with Gasteiger partial charge >= 0.3 is 0 Å². The van der Waals surface area contributed by atoms with Crippen molar-refractivity contribution in [3.8, 4) is 0 Å². The molecule has 1 amide bonds. The van der Waals surface area contributed by atoms with Crippen LogP contribution in [0.2, 0.25) is 0 Å². The van der Waals surface area contributed by atoms with Crippen molar-refractivity contribution in [3.05, 3.63) is 52.8 Å². The molecule has 7 nitrogen and oxygen atoms in total. The number of aliphatic hydroxyl groups is 1. The molecule has 166 valence electrons. The molecule has 4 rings (SSSR count). The Bertz CT molecular complexity index is 894. The smallest absolute Gasteiger partial charge is 0.223 e. The number of hydrogen-bond acceptors (Lipinski definition) is 6. The first kappa shape index (κ1) is 21.7. The highest BCUT2D eigenvalue weighted by molar-refractivity contribution is 5.73. The topological polar surface area (TPSA) is 81.6 Å². The number of carbonyl (C=O) groups excluding carboxylic acids is 1. The zero-order valence-corrected chi connectivity index (χ0v) is 18.5. The van der Waals surface area contributed by atoms with E-state index in [1.165, 1.54) is 11.1 Å². The third-order valence-corrected chi connectivity index (χ3v) is 6.38. The number of nitrogens with zero attached hydrogens (tertiary/aromatic N) is 4. The van der Waals surface area contributed by atoms with Crippen molar-refractivity contribution in [1.29, 1.82) is 0 Å². The zero-order chi connectivity index (χ0) is 21.8. The van der Waals surface area contributed by atoms with E-state index >= 15 is 0 Å². The van der Waals surface area contributed by atoms with Crippen LogP contribution in [0, 0.1) is 0 Å². The molecule has 0 saturated carbocycles. The number of hydrogen-bond donors (Lipinski definition) is 2. The van der Waals surface area contributed by atoms with Gasteiger partial charge in [0, 0.05) is 50.8 Å². The number of fused-ring (bicyclic) bond motifs is 2. The average molecular weight is 424 g/mol. The van der Waals surface area contributed by atoms with Crippen LogP contribution in [-0.2, 0) is 30.6 Å². The van der Waals surface area contributed by atoms with E-state index in [0.717, 1.165) is 49.9 Å². The fourth-order valence-corrected chi connectivity index (χ4v) is 4.54. The first-order valence-electron chi connectivity index (χ1n) is 11.4. The lowest BCUT2D eigenvalue weighted by molar-refractivity contribution is -0.133. The predicted octanol–water partition coefficient (Wildman–Crippen LogP) is 2.38. The number of anilines is 1. The molecule has 1 aromatic carbocycles. The number of amides is 1. The van der Waals surface area contributed by atoms with Crippen molar-refractivity contribution in [2.24, 2.45) is 0 Å². The van der Waals surface area contributed by atoms with E-state index < -0.39 is 6.23 Å². The summed E-state index contributed by atoms with van der Waals surface area (Å²) in [5.41, 5.74) is 4.90. The summed E-state index contributed by atoms with van der Waals surface area (Å²) in [5, 5.41) is 14.2. The maximum absolute atomic E-state index is 11.9. The van der Waals surface area contributed by atoms with Crippen LogP contribution in [0.4, 0.5) is 5.95 Å². The van der Waals surface area contributed by atoms with Crippen LogP contribution in [-0.4, -0.2) is 62.7 Å². The molecule has 31 heavy (non-hydrogen) atoms. The first-order valence-corrected chi connectivity index (χ1v) is 11.4. The molecule has 1 aromatic heterocycles. The monoisotopic (exact) mass is 423 g/mol. The van der Waals surface area contributed by atoms with Gasteiger partial charge in [-0.05, 0) is 30.4 Å². The third kappa shape index (κ3) is 5.22. The Morgan fingerprint density at radius 1 is 1.29 bits per heavy atom. The molecule has 7 heteroatoms. The second-order valence-corrected chi connectivity index (χ2v) is 8.70. The molecule has 2 aliphatic rings. The number of carbonyl (C=O) groups is 1. The lowest BCUT2D eigenvalue weighted by atomic mass is 10.1. The van der Waals surface area contributed by atoms with E-state index in [1.54, 1.807) is 11.8 Å². The molecule has 2 aromatic rings. The van der Waals surface area contributed by atoms with Crippen molar-refractivity contribution in [2.75, 3.05) is 25.0 Å². The van der Waals surface area contributed by atoms with Crippen LogP contribution in [0.1, 0.15) is 49.1 Å². The molecule has 0 radical (unpaired) electrons. The Kier molecular flexibility index (Phi) is 6.83. The number of nitrogens with one attached hydrogen (secondary N) is 1. The summed E-state index contributed by atoms with van der Waals surface area (Å²) in [7, 11) is 0. The highest BCUT2D eigenvalue weighted by atomic mass is 16.3. The average Bonchev–Trinajstić information content (AvgIpc) is 3.18. The van der Waals surface area contributed by atoms with E-state index in [4.69, 9.17) is 4.98 Å². The van der Waals surface area contributed by atoms with Crippen LogP contribution in [0.5, 0.6) is 0 Å².